The standard InChI is InChI=1S/C14H19NO3.2C2H6/c16-12(4-7-15-5-1-6-15)11-2-3-13-14(10-11)18-9-8-17-13;2*1-2/h2-3,10,12,16H,1,4-9H2;2*1-2H3. The maximum atomic E-state index is 10.2. The number of ether oxygens (including phenoxy) is 2. The summed E-state index contributed by atoms with van der Waals surface area (Å²) in [5.41, 5.74) is 0.916. The van der Waals surface area contributed by atoms with E-state index in [1.165, 1.54) is 19.5 Å². The maximum absolute atomic E-state index is 10.2. The highest BCUT2D eigenvalue weighted by atomic mass is 16.6. The zero-order valence-corrected chi connectivity index (χ0v) is 14.5. The Hall–Kier alpha value is -1.26. The molecule has 1 unspecified atom stereocenters. The molecule has 0 radical (unpaired) electrons. The monoisotopic (exact) mass is 309 g/mol. The maximum Gasteiger partial charge on any atom is 0.161 e. The summed E-state index contributed by atoms with van der Waals surface area (Å²) in [6, 6.07) is 5.71. The highest BCUT2D eigenvalue weighted by molar-refractivity contribution is 5.44. The van der Waals surface area contributed by atoms with Crippen LogP contribution in [-0.2, 0) is 0 Å². The van der Waals surface area contributed by atoms with Gasteiger partial charge in [0.2, 0.25) is 0 Å². The minimum atomic E-state index is -0.415. The van der Waals surface area contributed by atoms with Crippen molar-refractivity contribution < 1.29 is 14.6 Å². The highest BCUT2D eigenvalue weighted by Gasteiger charge is 2.18. The number of nitrogens with zero attached hydrogens (tertiary/aromatic N) is 1. The van der Waals surface area contributed by atoms with Gasteiger partial charge in [0.1, 0.15) is 13.2 Å². The molecule has 0 amide bonds. The van der Waals surface area contributed by atoms with E-state index in [9.17, 15) is 5.11 Å². The molecular formula is C18H31NO3. The molecule has 1 atom stereocenters. The van der Waals surface area contributed by atoms with Gasteiger partial charge in [-0.1, -0.05) is 33.8 Å². The smallest absolute Gasteiger partial charge is 0.161 e. The minimum Gasteiger partial charge on any atom is -0.486 e. The zero-order valence-electron chi connectivity index (χ0n) is 14.5. The molecule has 4 nitrogen and oxygen atoms in total. The molecule has 22 heavy (non-hydrogen) atoms. The van der Waals surface area contributed by atoms with Crippen molar-refractivity contribution in [2.24, 2.45) is 0 Å². The van der Waals surface area contributed by atoms with Crippen molar-refractivity contribution in [2.45, 2.75) is 46.6 Å². The fraction of sp³-hybridized carbons (Fsp3) is 0.667. The predicted molar refractivity (Wildman–Crippen MR) is 90.8 cm³/mol. The van der Waals surface area contributed by atoms with Gasteiger partial charge in [-0.05, 0) is 43.6 Å². The van der Waals surface area contributed by atoms with Crippen LogP contribution in [0.4, 0.5) is 0 Å². The van der Waals surface area contributed by atoms with Gasteiger partial charge in [0.05, 0.1) is 6.10 Å². The largest absolute Gasteiger partial charge is 0.486 e. The first-order chi connectivity index (χ1) is 10.8. The van der Waals surface area contributed by atoms with Crippen LogP contribution < -0.4 is 9.47 Å². The molecule has 1 N–H and O–H groups in total. The van der Waals surface area contributed by atoms with Gasteiger partial charge >= 0.3 is 0 Å². The van der Waals surface area contributed by atoms with Crippen molar-refractivity contribution in [2.75, 3.05) is 32.8 Å². The van der Waals surface area contributed by atoms with E-state index in [0.717, 1.165) is 30.0 Å². The fourth-order valence-corrected chi connectivity index (χ4v) is 2.34. The fourth-order valence-electron chi connectivity index (χ4n) is 2.34. The van der Waals surface area contributed by atoms with E-state index >= 15 is 0 Å². The van der Waals surface area contributed by atoms with Crippen LogP contribution in [0.5, 0.6) is 11.5 Å². The molecule has 1 aromatic rings. The molecule has 2 aliphatic rings. The summed E-state index contributed by atoms with van der Waals surface area (Å²) in [7, 11) is 0. The average Bonchev–Trinajstić information content (AvgIpc) is 2.56. The molecule has 4 heteroatoms. The number of fused-ring (bicyclic) bond motifs is 1. The summed E-state index contributed by atoms with van der Waals surface area (Å²) >= 11 is 0. The lowest BCUT2D eigenvalue weighted by Crippen LogP contribution is -2.38. The quantitative estimate of drug-likeness (QED) is 0.922. The van der Waals surface area contributed by atoms with Crippen LogP contribution >= 0.6 is 0 Å². The second kappa shape index (κ2) is 10.5. The van der Waals surface area contributed by atoms with Gasteiger partial charge in [-0.25, -0.2) is 0 Å². The predicted octanol–water partition coefficient (Wildman–Crippen LogP) is 3.64. The van der Waals surface area contributed by atoms with Crippen molar-refractivity contribution in [1.29, 1.82) is 0 Å². The van der Waals surface area contributed by atoms with E-state index in [2.05, 4.69) is 4.90 Å². The summed E-state index contributed by atoms with van der Waals surface area (Å²) in [5.74, 6) is 1.53. The number of likely N-dealkylation sites (tertiary alicyclic amines) is 1. The van der Waals surface area contributed by atoms with Gasteiger partial charge < -0.3 is 19.5 Å². The first-order valence-electron chi connectivity index (χ1n) is 8.63. The lowest BCUT2D eigenvalue weighted by atomic mass is 10.0. The van der Waals surface area contributed by atoms with Crippen LogP contribution in [-0.4, -0.2) is 42.9 Å². The van der Waals surface area contributed by atoms with Crippen molar-refractivity contribution in [3.05, 3.63) is 23.8 Å². The zero-order chi connectivity index (χ0) is 16.4. The Morgan fingerprint density at radius 2 is 1.68 bits per heavy atom. The van der Waals surface area contributed by atoms with Crippen LogP contribution in [0.1, 0.15) is 52.2 Å². The molecule has 0 spiro atoms. The van der Waals surface area contributed by atoms with E-state index in [4.69, 9.17) is 9.47 Å². The first kappa shape index (κ1) is 18.8. The van der Waals surface area contributed by atoms with Crippen LogP contribution in [0.2, 0.25) is 0 Å². The molecular weight excluding hydrogens is 278 g/mol. The van der Waals surface area contributed by atoms with Crippen LogP contribution in [0.25, 0.3) is 0 Å². The molecule has 0 aromatic heterocycles. The number of hydrogen-bond acceptors (Lipinski definition) is 4. The summed E-state index contributed by atoms with van der Waals surface area (Å²) in [5, 5.41) is 10.2. The van der Waals surface area contributed by atoms with E-state index in [0.29, 0.717) is 13.2 Å². The second-order valence-corrected chi connectivity index (χ2v) is 4.90. The van der Waals surface area contributed by atoms with Gasteiger partial charge in [0.15, 0.2) is 11.5 Å². The Balaban J connectivity index is 0.000000561. The van der Waals surface area contributed by atoms with Crippen molar-refractivity contribution in [3.63, 3.8) is 0 Å². The number of rotatable bonds is 4. The summed E-state index contributed by atoms with van der Waals surface area (Å²) in [6.07, 6.45) is 1.65. The van der Waals surface area contributed by atoms with Gasteiger partial charge in [-0.2, -0.15) is 0 Å². The normalized spacial score (nSPS) is 17.1. The molecule has 0 aliphatic carbocycles. The summed E-state index contributed by atoms with van der Waals surface area (Å²) in [4.78, 5) is 2.36. The van der Waals surface area contributed by atoms with Gasteiger partial charge in [-0.15, -0.1) is 0 Å². The van der Waals surface area contributed by atoms with Crippen molar-refractivity contribution in [3.8, 4) is 11.5 Å². The Bertz CT molecular complexity index is 419. The Kier molecular flexibility index (Phi) is 8.94. The number of hydrogen-bond donors (Lipinski definition) is 1. The van der Waals surface area contributed by atoms with E-state index in [1.807, 2.05) is 45.9 Å². The lowest BCUT2D eigenvalue weighted by molar-refractivity contribution is 0.115. The van der Waals surface area contributed by atoms with E-state index in [-0.39, 0.29) is 0 Å². The third-order valence-electron chi connectivity index (χ3n) is 3.62. The topological polar surface area (TPSA) is 41.9 Å². The highest BCUT2D eigenvalue weighted by Crippen LogP contribution is 2.33. The number of aliphatic hydroxyl groups excluding tert-OH is 1. The van der Waals surface area contributed by atoms with Gasteiger partial charge in [-0.3, -0.25) is 0 Å². The molecule has 0 bridgehead atoms. The number of aliphatic hydroxyl groups is 1. The SMILES string of the molecule is CC.CC.OC(CCN1CCC1)c1ccc2c(c1)OCCO2. The molecule has 2 aliphatic heterocycles. The molecule has 1 fully saturated rings. The van der Waals surface area contributed by atoms with E-state index in [1.54, 1.807) is 0 Å². The molecule has 3 rings (SSSR count). The van der Waals surface area contributed by atoms with Crippen molar-refractivity contribution >= 4 is 0 Å². The first-order valence-corrected chi connectivity index (χ1v) is 8.63. The molecule has 0 saturated carbocycles. The molecule has 2 heterocycles. The van der Waals surface area contributed by atoms with Crippen LogP contribution in [0.15, 0.2) is 18.2 Å². The minimum absolute atomic E-state index is 0.415. The Labute approximate surface area is 135 Å². The summed E-state index contributed by atoms with van der Waals surface area (Å²) in [6.45, 7) is 12.5. The second-order valence-electron chi connectivity index (χ2n) is 4.90. The third kappa shape index (κ3) is 5.18. The Morgan fingerprint density at radius 3 is 2.27 bits per heavy atom. The third-order valence-corrected chi connectivity index (χ3v) is 3.62. The average molecular weight is 309 g/mol. The van der Waals surface area contributed by atoms with Gasteiger partial charge in [0.25, 0.3) is 0 Å². The van der Waals surface area contributed by atoms with Crippen molar-refractivity contribution in [1.82, 2.24) is 4.90 Å². The molecule has 1 aromatic carbocycles. The molecule has 1 saturated heterocycles. The van der Waals surface area contributed by atoms with E-state index < -0.39 is 6.10 Å². The van der Waals surface area contributed by atoms with Crippen LogP contribution in [0.3, 0.4) is 0 Å². The van der Waals surface area contributed by atoms with Gasteiger partial charge in [0, 0.05) is 6.54 Å². The number of benzene rings is 1. The van der Waals surface area contributed by atoms with Crippen LogP contribution in [0, 0.1) is 0 Å². The summed E-state index contributed by atoms with van der Waals surface area (Å²) < 4.78 is 11.0. The lowest BCUT2D eigenvalue weighted by Gasteiger charge is -2.31. The Morgan fingerprint density at radius 1 is 1.05 bits per heavy atom. The molecule has 126 valence electrons.